The summed E-state index contributed by atoms with van der Waals surface area (Å²) in [5.74, 6) is -0.0347. The van der Waals surface area contributed by atoms with Crippen LogP contribution in [-0.4, -0.2) is 24.8 Å². The third kappa shape index (κ3) is 4.16. The van der Waals surface area contributed by atoms with Gasteiger partial charge < -0.3 is 14.9 Å². The highest BCUT2D eigenvalue weighted by Crippen LogP contribution is 2.36. The minimum atomic E-state index is -4.62. The number of halogens is 4. The summed E-state index contributed by atoms with van der Waals surface area (Å²) in [6.45, 7) is 0. The number of hydrogen-bond donors (Lipinski definition) is 1. The second kappa shape index (κ2) is 7.48. The molecule has 0 radical (unpaired) electrons. The molecule has 3 rings (SSSR count). The van der Waals surface area contributed by atoms with Gasteiger partial charge in [0.2, 0.25) is 6.10 Å². The Hall–Kier alpha value is -2.74. The normalized spacial score (nSPS) is 16.5. The second-order valence-electron chi connectivity index (χ2n) is 5.72. The predicted octanol–water partition coefficient (Wildman–Crippen LogP) is 4.50. The molecule has 0 fully saturated rings. The topological polar surface area (TPSA) is 59.9 Å². The predicted molar refractivity (Wildman–Crippen MR) is 94.1 cm³/mol. The molecule has 1 aliphatic heterocycles. The molecule has 1 atom stereocenters. The third-order valence-electron chi connectivity index (χ3n) is 3.92. The fourth-order valence-corrected chi connectivity index (χ4v) is 2.83. The summed E-state index contributed by atoms with van der Waals surface area (Å²) in [7, 11) is 1.51. The van der Waals surface area contributed by atoms with Crippen molar-refractivity contribution in [3.05, 3.63) is 58.6 Å². The van der Waals surface area contributed by atoms with E-state index in [-0.39, 0.29) is 12.1 Å². The Morgan fingerprint density at radius 1 is 1.30 bits per heavy atom. The monoisotopic (exact) mass is 398 g/mol. The molecule has 9 heteroatoms. The zero-order chi connectivity index (χ0) is 19.6. The molecular weight excluding hydrogens is 385 g/mol. The zero-order valence-electron chi connectivity index (χ0n) is 14.0. The molecule has 0 saturated carbocycles. The van der Waals surface area contributed by atoms with E-state index in [2.05, 4.69) is 10.5 Å². The standard InChI is InChI=1S/C18H14ClF3N2O3/c1-26-15-5-3-2-4-11(15)14-9-16(27-24-14)17(25)23-10-6-7-13(19)12(8-10)18(20,21)22/h2-8,16H,9H2,1H3,(H,23,25). The van der Waals surface area contributed by atoms with E-state index >= 15 is 0 Å². The molecule has 0 spiro atoms. The van der Waals surface area contributed by atoms with E-state index in [1.807, 2.05) is 0 Å². The summed E-state index contributed by atoms with van der Waals surface area (Å²) in [5, 5.41) is 5.86. The maximum absolute atomic E-state index is 12.9. The van der Waals surface area contributed by atoms with Crippen LogP contribution in [0.15, 0.2) is 47.6 Å². The fourth-order valence-electron chi connectivity index (χ4n) is 2.60. The van der Waals surface area contributed by atoms with E-state index in [0.717, 1.165) is 12.1 Å². The van der Waals surface area contributed by atoms with Crippen molar-refractivity contribution in [1.29, 1.82) is 0 Å². The summed E-state index contributed by atoms with van der Waals surface area (Å²) >= 11 is 5.57. The van der Waals surface area contributed by atoms with E-state index in [1.54, 1.807) is 24.3 Å². The number of rotatable bonds is 4. The minimum Gasteiger partial charge on any atom is -0.496 e. The van der Waals surface area contributed by atoms with Crippen LogP contribution in [0.4, 0.5) is 18.9 Å². The van der Waals surface area contributed by atoms with Gasteiger partial charge in [-0.3, -0.25) is 4.79 Å². The summed E-state index contributed by atoms with van der Waals surface area (Å²) in [6, 6.07) is 10.2. The van der Waals surface area contributed by atoms with Gasteiger partial charge in [-0.25, -0.2) is 0 Å². The van der Waals surface area contributed by atoms with Crippen LogP contribution in [0.1, 0.15) is 17.5 Å². The van der Waals surface area contributed by atoms with Gasteiger partial charge in [-0.2, -0.15) is 13.2 Å². The van der Waals surface area contributed by atoms with Crippen molar-refractivity contribution >= 4 is 28.9 Å². The van der Waals surface area contributed by atoms with Crippen LogP contribution in [0, 0.1) is 0 Å². The van der Waals surface area contributed by atoms with Crippen molar-refractivity contribution in [3.63, 3.8) is 0 Å². The number of benzene rings is 2. The quantitative estimate of drug-likeness (QED) is 0.825. The number of oxime groups is 1. The van der Waals surface area contributed by atoms with E-state index in [9.17, 15) is 18.0 Å². The Kier molecular flexibility index (Phi) is 5.27. The van der Waals surface area contributed by atoms with Gasteiger partial charge >= 0.3 is 6.18 Å². The average molecular weight is 399 g/mol. The lowest BCUT2D eigenvalue weighted by molar-refractivity contribution is -0.137. The minimum absolute atomic E-state index is 0.0360. The fraction of sp³-hybridized carbons (Fsp3) is 0.222. The molecule has 0 saturated heterocycles. The Bertz CT molecular complexity index is 900. The van der Waals surface area contributed by atoms with Gasteiger partial charge in [-0.1, -0.05) is 28.9 Å². The van der Waals surface area contributed by atoms with Gasteiger partial charge in [0, 0.05) is 17.7 Å². The van der Waals surface area contributed by atoms with Crippen LogP contribution in [0.25, 0.3) is 0 Å². The Balaban J connectivity index is 1.71. The molecule has 2 aromatic rings. The molecule has 0 aromatic heterocycles. The second-order valence-corrected chi connectivity index (χ2v) is 6.13. The van der Waals surface area contributed by atoms with E-state index in [1.165, 1.54) is 13.2 Å². The third-order valence-corrected chi connectivity index (χ3v) is 4.25. The molecule has 1 N–H and O–H groups in total. The highest BCUT2D eigenvalue weighted by molar-refractivity contribution is 6.31. The Morgan fingerprint density at radius 2 is 2.04 bits per heavy atom. The summed E-state index contributed by atoms with van der Waals surface area (Å²) < 4.78 is 44.0. The van der Waals surface area contributed by atoms with Crippen molar-refractivity contribution in [1.82, 2.24) is 0 Å². The number of alkyl halides is 3. The van der Waals surface area contributed by atoms with Gasteiger partial charge in [0.1, 0.15) is 5.75 Å². The van der Waals surface area contributed by atoms with Crippen molar-refractivity contribution in [3.8, 4) is 5.75 Å². The number of carbonyl (C=O) groups excluding carboxylic acids is 1. The number of anilines is 1. The molecule has 2 aromatic carbocycles. The molecular formula is C18H14ClF3N2O3. The first-order valence-corrected chi connectivity index (χ1v) is 8.21. The van der Waals surface area contributed by atoms with Crippen LogP contribution in [0.3, 0.4) is 0 Å². The molecule has 1 amide bonds. The van der Waals surface area contributed by atoms with Gasteiger partial charge in [-0.05, 0) is 30.3 Å². The van der Waals surface area contributed by atoms with Crippen molar-refractivity contribution < 1.29 is 27.5 Å². The summed E-state index contributed by atoms with van der Waals surface area (Å²) in [6.07, 6.45) is -5.43. The van der Waals surface area contributed by atoms with E-state index in [0.29, 0.717) is 17.0 Å². The van der Waals surface area contributed by atoms with Gasteiger partial charge in [0.25, 0.3) is 5.91 Å². The van der Waals surface area contributed by atoms with Gasteiger partial charge in [-0.15, -0.1) is 0 Å². The highest BCUT2D eigenvalue weighted by atomic mass is 35.5. The maximum Gasteiger partial charge on any atom is 0.417 e. The molecule has 1 heterocycles. The number of hydrogen-bond acceptors (Lipinski definition) is 4. The molecule has 5 nitrogen and oxygen atoms in total. The average Bonchev–Trinajstić information content (AvgIpc) is 3.12. The lowest BCUT2D eigenvalue weighted by Gasteiger charge is -2.13. The Morgan fingerprint density at radius 3 is 2.74 bits per heavy atom. The molecule has 1 unspecified atom stereocenters. The molecule has 27 heavy (non-hydrogen) atoms. The number of para-hydroxylation sites is 1. The van der Waals surface area contributed by atoms with Crippen LogP contribution in [-0.2, 0) is 15.8 Å². The molecule has 1 aliphatic rings. The highest BCUT2D eigenvalue weighted by Gasteiger charge is 2.34. The van der Waals surface area contributed by atoms with Gasteiger partial charge in [0.15, 0.2) is 0 Å². The SMILES string of the molecule is COc1ccccc1C1=NOC(C(=O)Nc2ccc(Cl)c(C(F)(F)F)c2)C1. The van der Waals surface area contributed by atoms with E-state index in [4.69, 9.17) is 21.2 Å². The zero-order valence-corrected chi connectivity index (χ0v) is 14.8. The number of nitrogens with one attached hydrogen (secondary N) is 1. The first-order chi connectivity index (χ1) is 12.8. The molecule has 0 bridgehead atoms. The lowest BCUT2D eigenvalue weighted by atomic mass is 10.0. The molecule has 142 valence electrons. The van der Waals surface area contributed by atoms with Crippen LogP contribution < -0.4 is 10.1 Å². The summed E-state index contributed by atoms with van der Waals surface area (Å²) in [4.78, 5) is 17.5. The first kappa shape index (κ1) is 19.0. The van der Waals surface area contributed by atoms with Crippen LogP contribution >= 0.6 is 11.6 Å². The number of carbonyl (C=O) groups is 1. The number of nitrogens with zero attached hydrogens (tertiary/aromatic N) is 1. The Labute approximate surface area is 157 Å². The van der Waals surface area contributed by atoms with Crippen LogP contribution in [0.5, 0.6) is 5.75 Å². The maximum atomic E-state index is 12.9. The van der Waals surface area contributed by atoms with Crippen molar-refractivity contribution in [2.45, 2.75) is 18.7 Å². The first-order valence-electron chi connectivity index (χ1n) is 7.83. The number of amides is 1. The largest absolute Gasteiger partial charge is 0.496 e. The molecule has 0 aliphatic carbocycles. The van der Waals surface area contributed by atoms with Gasteiger partial charge in [0.05, 0.1) is 23.4 Å². The van der Waals surface area contributed by atoms with Crippen molar-refractivity contribution in [2.75, 3.05) is 12.4 Å². The summed E-state index contributed by atoms with van der Waals surface area (Å²) in [5.41, 5.74) is 0.132. The number of ether oxygens (including phenoxy) is 1. The smallest absolute Gasteiger partial charge is 0.417 e. The van der Waals surface area contributed by atoms with E-state index < -0.39 is 28.8 Å². The lowest BCUT2D eigenvalue weighted by Crippen LogP contribution is -2.28. The number of methoxy groups -OCH3 is 1. The van der Waals surface area contributed by atoms with Crippen LogP contribution in [0.2, 0.25) is 5.02 Å². The van der Waals surface area contributed by atoms with Crippen molar-refractivity contribution in [2.24, 2.45) is 5.16 Å².